The summed E-state index contributed by atoms with van der Waals surface area (Å²) in [5.74, 6) is -0.230. The zero-order valence-electron chi connectivity index (χ0n) is 13.2. The molecule has 0 aliphatic rings. The van der Waals surface area contributed by atoms with E-state index in [1.54, 1.807) is 43.3 Å². The van der Waals surface area contributed by atoms with Gasteiger partial charge in [0.25, 0.3) is 10.0 Å². The van der Waals surface area contributed by atoms with Crippen molar-refractivity contribution in [3.05, 3.63) is 64.7 Å². The molecule has 24 heavy (non-hydrogen) atoms. The molecule has 0 atom stereocenters. The lowest BCUT2D eigenvalue weighted by Crippen LogP contribution is -2.14. The number of carbonyl (C=O) groups excluding carboxylic acids is 1. The van der Waals surface area contributed by atoms with Gasteiger partial charge in [0.15, 0.2) is 0 Å². The van der Waals surface area contributed by atoms with Crippen LogP contribution >= 0.6 is 11.6 Å². The topological polar surface area (TPSA) is 75.3 Å². The molecular weight excluding hydrogens is 348 g/mol. The number of rotatable bonds is 5. The van der Waals surface area contributed by atoms with Crippen molar-refractivity contribution in [3.63, 3.8) is 0 Å². The van der Waals surface area contributed by atoms with Gasteiger partial charge in [-0.15, -0.1) is 0 Å². The first kappa shape index (κ1) is 18.0. The highest BCUT2D eigenvalue weighted by atomic mass is 35.5. The van der Waals surface area contributed by atoms with Crippen LogP contribution in [-0.4, -0.2) is 21.4 Å². The smallest absolute Gasteiger partial charge is 0.261 e. The number of hydrogen-bond acceptors (Lipinski definition) is 3. The minimum absolute atomic E-state index is 0.133. The first-order chi connectivity index (χ1) is 11.3. The van der Waals surface area contributed by atoms with Crippen molar-refractivity contribution in [2.24, 2.45) is 0 Å². The van der Waals surface area contributed by atoms with E-state index in [9.17, 15) is 13.2 Å². The second kappa shape index (κ2) is 7.51. The van der Waals surface area contributed by atoms with E-state index in [4.69, 9.17) is 11.6 Å². The van der Waals surface area contributed by atoms with Crippen LogP contribution in [0.1, 0.15) is 11.1 Å². The van der Waals surface area contributed by atoms with E-state index in [-0.39, 0.29) is 10.8 Å². The van der Waals surface area contributed by atoms with E-state index in [0.29, 0.717) is 10.7 Å². The first-order valence-electron chi connectivity index (χ1n) is 7.10. The van der Waals surface area contributed by atoms with Crippen LogP contribution in [0, 0.1) is 6.92 Å². The van der Waals surface area contributed by atoms with Gasteiger partial charge in [-0.25, -0.2) is 8.42 Å². The van der Waals surface area contributed by atoms with Gasteiger partial charge >= 0.3 is 0 Å². The van der Waals surface area contributed by atoms with Gasteiger partial charge in [0.2, 0.25) is 5.91 Å². The minimum Gasteiger partial charge on any atom is -0.356 e. The monoisotopic (exact) mass is 364 g/mol. The van der Waals surface area contributed by atoms with Gasteiger partial charge in [0.05, 0.1) is 10.6 Å². The Kier molecular flexibility index (Phi) is 5.64. The predicted molar refractivity (Wildman–Crippen MR) is 96.5 cm³/mol. The summed E-state index contributed by atoms with van der Waals surface area (Å²) in [6, 6.07) is 11.2. The fraction of sp³-hybridized carbons (Fsp3) is 0.118. The lowest BCUT2D eigenvalue weighted by molar-refractivity contribution is -0.115. The quantitative estimate of drug-likeness (QED) is 0.800. The Morgan fingerprint density at radius 3 is 2.38 bits per heavy atom. The van der Waals surface area contributed by atoms with Crippen LogP contribution in [0.3, 0.4) is 0 Å². The Morgan fingerprint density at radius 2 is 1.79 bits per heavy atom. The SMILES string of the molecule is CNC(=O)/C=C/c1ccc(S(=O)(=O)Nc2ccc(Cl)cc2C)cc1. The number of aryl methyl sites for hydroxylation is 1. The summed E-state index contributed by atoms with van der Waals surface area (Å²) in [5, 5.41) is 3.01. The van der Waals surface area contributed by atoms with E-state index in [0.717, 1.165) is 11.1 Å². The molecule has 0 aliphatic carbocycles. The lowest BCUT2D eigenvalue weighted by atomic mass is 10.2. The number of hydrogen-bond donors (Lipinski definition) is 2. The lowest BCUT2D eigenvalue weighted by Gasteiger charge is -2.11. The molecule has 0 saturated heterocycles. The molecule has 2 N–H and O–H groups in total. The maximum atomic E-state index is 12.4. The standard InChI is InChI=1S/C17H17ClN2O3S/c1-12-11-14(18)6-9-16(12)20-24(22,23)15-7-3-13(4-8-15)5-10-17(21)19-2/h3-11,20H,1-2H3,(H,19,21)/b10-5+. The molecule has 0 bridgehead atoms. The molecule has 0 radical (unpaired) electrons. The minimum atomic E-state index is -3.70. The third-order valence-electron chi connectivity index (χ3n) is 3.30. The maximum absolute atomic E-state index is 12.4. The summed E-state index contributed by atoms with van der Waals surface area (Å²) in [5.41, 5.74) is 1.93. The second-order valence-corrected chi connectivity index (χ2v) is 7.20. The summed E-state index contributed by atoms with van der Waals surface area (Å²) in [6.07, 6.45) is 2.98. The van der Waals surface area contributed by atoms with Crippen molar-refractivity contribution < 1.29 is 13.2 Å². The first-order valence-corrected chi connectivity index (χ1v) is 8.97. The summed E-state index contributed by atoms with van der Waals surface area (Å²) < 4.78 is 27.4. The number of anilines is 1. The van der Waals surface area contributed by atoms with Gasteiger partial charge < -0.3 is 5.32 Å². The van der Waals surface area contributed by atoms with Crippen molar-refractivity contribution in [1.29, 1.82) is 0 Å². The van der Waals surface area contributed by atoms with E-state index in [1.807, 2.05) is 0 Å². The van der Waals surface area contributed by atoms with Gasteiger partial charge in [-0.2, -0.15) is 0 Å². The third kappa shape index (κ3) is 4.59. The Morgan fingerprint density at radius 1 is 1.12 bits per heavy atom. The van der Waals surface area contributed by atoms with Crippen LogP contribution in [-0.2, 0) is 14.8 Å². The van der Waals surface area contributed by atoms with Crippen molar-refractivity contribution in [1.82, 2.24) is 5.32 Å². The molecule has 0 aromatic heterocycles. The predicted octanol–water partition coefficient (Wildman–Crippen LogP) is 3.21. The molecule has 126 valence electrons. The summed E-state index contributed by atoms with van der Waals surface area (Å²) in [6.45, 7) is 1.77. The number of carbonyl (C=O) groups is 1. The Hall–Kier alpha value is -2.31. The van der Waals surface area contributed by atoms with Crippen molar-refractivity contribution in [3.8, 4) is 0 Å². The highest BCUT2D eigenvalue weighted by molar-refractivity contribution is 7.92. The fourth-order valence-electron chi connectivity index (χ4n) is 1.96. The van der Waals surface area contributed by atoms with Gasteiger partial charge in [0.1, 0.15) is 0 Å². The van der Waals surface area contributed by atoms with Gasteiger partial charge in [0, 0.05) is 18.1 Å². The largest absolute Gasteiger partial charge is 0.356 e. The fourth-order valence-corrected chi connectivity index (χ4v) is 3.32. The molecule has 0 fully saturated rings. The third-order valence-corrected chi connectivity index (χ3v) is 4.91. The second-order valence-electron chi connectivity index (χ2n) is 5.08. The zero-order chi connectivity index (χ0) is 17.7. The van der Waals surface area contributed by atoms with Gasteiger partial charge in [-0.3, -0.25) is 9.52 Å². The van der Waals surface area contributed by atoms with Crippen LogP contribution in [0.25, 0.3) is 6.08 Å². The molecular formula is C17H17ClN2O3S. The molecule has 0 aliphatic heterocycles. The van der Waals surface area contributed by atoms with Gasteiger partial charge in [-0.05, 0) is 54.5 Å². The molecule has 5 nitrogen and oxygen atoms in total. The number of benzene rings is 2. The van der Waals surface area contributed by atoms with Crippen molar-refractivity contribution in [2.75, 3.05) is 11.8 Å². The zero-order valence-corrected chi connectivity index (χ0v) is 14.8. The van der Waals surface area contributed by atoms with Crippen LogP contribution < -0.4 is 10.0 Å². The molecule has 2 aromatic rings. The number of amides is 1. The Bertz CT molecular complexity index is 875. The van der Waals surface area contributed by atoms with Crippen LogP contribution in [0.15, 0.2) is 53.4 Å². The van der Waals surface area contributed by atoms with Gasteiger partial charge in [-0.1, -0.05) is 23.7 Å². The molecule has 2 rings (SSSR count). The molecule has 0 spiro atoms. The average molecular weight is 365 g/mol. The van der Waals surface area contributed by atoms with Crippen molar-refractivity contribution >= 4 is 39.3 Å². The van der Waals surface area contributed by atoms with Crippen LogP contribution in [0.4, 0.5) is 5.69 Å². The maximum Gasteiger partial charge on any atom is 0.261 e. The van der Waals surface area contributed by atoms with E-state index < -0.39 is 10.0 Å². The summed E-state index contributed by atoms with van der Waals surface area (Å²) in [7, 11) is -2.16. The summed E-state index contributed by atoms with van der Waals surface area (Å²) >= 11 is 5.87. The molecule has 1 amide bonds. The Balaban J connectivity index is 2.20. The van der Waals surface area contributed by atoms with Crippen LogP contribution in [0.2, 0.25) is 5.02 Å². The molecule has 7 heteroatoms. The normalized spacial score (nSPS) is 11.5. The summed E-state index contributed by atoms with van der Waals surface area (Å²) in [4.78, 5) is 11.3. The van der Waals surface area contributed by atoms with E-state index in [2.05, 4.69) is 10.0 Å². The number of sulfonamides is 1. The van der Waals surface area contributed by atoms with E-state index >= 15 is 0 Å². The molecule has 0 unspecified atom stereocenters. The highest BCUT2D eigenvalue weighted by Gasteiger charge is 2.15. The number of halogens is 1. The number of likely N-dealkylation sites (N-methyl/N-ethyl adjacent to an activating group) is 1. The van der Waals surface area contributed by atoms with Crippen LogP contribution in [0.5, 0.6) is 0 Å². The number of nitrogens with one attached hydrogen (secondary N) is 2. The molecule has 0 saturated carbocycles. The van der Waals surface area contributed by atoms with Crippen molar-refractivity contribution in [2.45, 2.75) is 11.8 Å². The molecule has 0 heterocycles. The van der Waals surface area contributed by atoms with E-state index in [1.165, 1.54) is 25.3 Å². The highest BCUT2D eigenvalue weighted by Crippen LogP contribution is 2.23. The molecule has 2 aromatic carbocycles. The average Bonchev–Trinajstić information content (AvgIpc) is 2.55. The Labute approximate surface area is 146 Å².